The second kappa shape index (κ2) is 12.0. The molecule has 9 nitrogen and oxygen atoms in total. The molecule has 2 saturated heterocycles. The first-order valence-electron chi connectivity index (χ1n) is 14.1. The van der Waals surface area contributed by atoms with E-state index < -0.39 is 0 Å². The summed E-state index contributed by atoms with van der Waals surface area (Å²) in [6.45, 7) is 8.10. The van der Waals surface area contributed by atoms with Crippen molar-refractivity contribution < 1.29 is 23.5 Å². The number of urea groups is 1. The number of nitrogens with one attached hydrogen (secondary N) is 3. The van der Waals surface area contributed by atoms with Crippen LogP contribution in [0, 0.1) is 0 Å². The van der Waals surface area contributed by atoms with Gasteiger partial charge < -0.3 is 29.9 Å². The molecule has 2 aliphatic rings. The highest BCUT2D eigenvalue weighted by Gasteiger charge is 2.52. The van der Waals surface area contributed by atoms with E-state index in [2.05, 4.69) is 40.0 Å². The highest BCUT2D eigenvalue weighted by atomic mass is 16.5. The fraction of sp³-hybridized carbons (Fsp3) is 0.344. The lowest BCUT2D eigenvalue weighted by Crippen LogP contribution is -2.37. The first kappa shape index (κ1) is 28.2. The van der Waals surface area contributed by atoms with Gasteiger partial charge in [-0.2, -0.15) is 0 Å². The number of nitrogens with zero attached hydrogens (tertiary/aromatic N) is 2. The molecule has 2 fully saturated rings. The van der Waals surface area contributed by atoms with Gasteiger partial charge in [-0.1, -0.05) is 24.3 Å². The number of carbonyl (C=O) groups is 2. The van der Waals surface area contributed by atoms with Gasteiger partial charge in [-0.3, -0.25) is 4.79 Å². The molecule has 1 atom stereocenters. The second-order valence-corrected chi connectivity index (χ2v) is 10.8. The monoisotopic (exact) mass is 556 g/mol. The largest absolute Gasteiger partial charge is 0.493 e. The van der Waals surface area contributed by atoms with Crippen LogP contribution in [0.2, 0.25) is 0 Å². The number of amides is 3. The molecule has 1 aromatic heterocycles. The molecule has 2 aliphatic heterocycles. The van der Waals surface area contributed by atoms with Crippen LogP contribution in [0.1, 0.15) is 54.1 Å². The standard InChI is InChI=1S/C32H37N5O4/c1-5-6-25-17-29(28(40-4)19-27(25)35-32(39)33-3)41-26-11-14-34-30(18-26)36-31(38)24-9-7-22(8-10-24)23-12-15-37(16-13-23)20-21(37)2/h5-11,14,17-19,21,23H,12-13,15-16,20H2,1-4H3,(H2-,33,34,35,36,38,39)/p+1/b6-5-/t21-,23?,37?/m0/s1. The molecule has 0 saturated carbocycles. The molecule has 0 radical (unpaired) electrons. The Labute approximate surface area is 241 Å². The fourth-order valence-corrected chi connectivity index (χ4v) is 5.71. The summed E-state index contributed by atoms with van der Waals surface area (Å²) in [5.41, 5.74) is 3.21. The van der Waals surface area contributed by atoms with Gasteiger partial charge in [0.25, 0.3) is 5.91 Å². The third kappa shape index (κ3) is 6.36. The van der Waals surface area contributed by atoms with Crippen molar-refractivity contribution in [2.45, 2.75) is 38.6 Å². The zero-order chi connectivity index (χ0) is 29.0. The maximum absolute atomic E-state index is 13.0. The molecular formula is C32H38N5O4+. The second-order valence-electron chi connectivity index (χ2n) is 10.8. The minimum Gasteiger partial charge on any atom is -0.493 e. The van der Waals surface area contributed by atoms with Crippen LogP contribution in [-0.2, 0) is 0 Å². The summed E-state index contributed by atoms with van der Waals surface area (Å²) in [6.07, 6.45) is 7.72. The molecule has 1 spiro atoms. The maximum atomic E-state index is 13.0. The van der Waals surface area contributed by atoms with E-state index in [4.69, 9.17) is 9.47 Å². The molecule has 3 aromatic rings. The van der Waals surface area contributed by atoms with Crippen LogP contribution in [0.5, 0.6) is 17.2 Å². The molecule has 214 valence electrons. The number of carbonyl (C=O) groups excluding carboxylic acids is 2. The minimum atomic E-state index is -0.343. The van der Waals surface area contributed by atoms with E-state index in [-0.39, 0.29) is 11.9 Å². The molecule has 3 heterocycles. The summed E-state index contributed by atoms with van der Waals surface area (Å²) in [5, 5.41) is 8.21. The average molecular weight is 557 g/mol. The molecule has 2 aromatic carbocycles. The Morgan fingerprint density at radius 2 is 1.76 bits per heavy atom. The lowest BCUT2D eigenvalue weighted by Gasteiger charge is -2.30. The van der Waals surface area contributed by atoms with Crippen LogP contribution in [-0.4, -0.2) is 61.2 Å². The van der Waals surface area contributed by atoms with Crippen molar-refractivity contribution in [3.63, 3.8) is 0 Å². The Bertz CT molecular complexity index is 1440. The average Bonchev–Trinajstić information content (AvgIpc) is 3.61. The van der Waals surface area contributed by atoms with Crippen LogP contribution >= 0.6 is 0 Å². The third-order valence-corrected chi connectivity index (χ3v) is 8.28. The summed E-state index contributed by atoms with van der Waals surface area (Å²) in [6, 6.07) is 15.3. The molecule has 3 amide bonds. The number of pyridine rings is 1. The molecule has 9 heteroatoms. The molecule has 5 rings (SSSR count). The van der Waals surface area contributed by atoms with Crippen LogP contribution < -0.4 is 25.4 Å². The number of aromatic nitrogens is 1. The van der Waals surface area contributed by atoms with Gasteiger partial charge >= 0.3 is 6.03 Å². The number of methoxy groups -OCH3 is 1. The molecule has 0 unspecified atom stereocenters. The van der Waals surface area contributed by atoms with Crippen molar-refractivity contribution in [3.8, 4) is 17.2 Å². The molecule has 0 aliphatic carbocycles. The van der Waals surface area contributed by atoms with Gasteiger partial charge in [0.2, 0.25) is 0 Å². The van der Waals surface area contributed by atoms with E-state index in [1.807, 2.05) is 31.2 Å². The van der Waals surface area contributed by atoms with E-state index in [0.717, 1.165) is 11.6 Å². The Morgan fingerprint density at radius 3 is 2.39 bits per heavy atom. The van der Waals surface area contributed by atoms with Crippen molar-refractivity contribution in [1.29, 1.82) is 0 Å². The number of ether oxygens (including phenoxy) is 2. The molecule has 0 bridgehead atoms. The van der Waals surface area contributed by atoms with Gasteiger partial charge in [0, 0.05) is 49.3 Å². The smallest absolute Gasteiger partial charge is 0.318 e. The lowest BCUT2D eigenvalue weighted by molar-refractivity contribution is -0.818. The highest BCUT2D eigenvalue weighted by molar-refractivity contribution is 6.03. The maximum Gasteiger partial charge on any atom is 0.318 e. The number of rotatable bonds is 8. The number of benzene rings is 2. The lowest BCUT2D eigenvalue weighted by atomic mass is 9.89. The van der Waals surface area contributed by atoms with E-state index >= 15 is 0 Å². The predicted molar refractivity (Wildman–Crippen MR) is 161 cm³/mol. The first-order chi connectivity index (χ1) is 19.8. The third-order valence-electron chi connectivity index (χ3n) is 8.28. The van der Waals surface area contributed by atoms with E-state index in [0.29, 0.717) is 40.2 Å². The van der Waals surface area contributed by atoms with Crippen LogP contribution in [0.15, 0.2) is 60.8 Å². The Morgan fingerprint density at radius 1 is 1.02 bits per heavy atom. The molecule has 3 N–H and O–H groups in total. The van der Waals surface area contributed by atoms with Crippen LogP contribution in [0.25, 0.3) is 6.08 Å². The normalized spacial score (nSPS) is 21.4. The van der Waals surface area contributed by atoms with Crippen LogP contribution in [0.4, 0.5) is 16.3 Å². The number of allylic oxidation sites excluding steroid dienone is 1. The molecular weight excluding hydrogens is 518 g/mol. The summed E-state index contributed by atoms with van der Waals surface area (Å²) < 4.78 is 13.0. The summed E-state index contributed by atoms with van der Waals surface area (Å²) in [4.78, 5) is 29.2. The van der Waals surface area contributed by atoms with Crippen LogP contribution in [0.3, 0.4) is 0 Å². The zero-order valence-electron chi connectivity index (χ0n) is 24.1. The number of hydrogen-bond acceptors (Lipinski definition) is 5. The van der Waals surface area contributed by atoms with Crippen molar-refractivity contribution in [3.05, 3.63) is 77.5 Å². The first-order valence-corrected chi connectivity index (χ1v) is 14.1. The van der Waals surface area contributed by atoms with Gasteiger partial charge in [0.05, 0.1) is 25.9 Å². The van der Waals surface area contributed by atoms with Crippen molar-refractivity contribution in [2.24, 2.45) is 0 Å². The topological polar surface area (TPSA) is 102 Å². The van der Waals surface area contributed by atoms with Gasteiger partial charge in [-0.05, 0) is 49.6 Å². The van der Waals surface area contributed by atoms with Crippen molar-refractivity contribution in [2.75, 3.05) is 44.4 Å². The zero-order valence-corrected chi connectivity index (χ0v) is 24.1. The summed E-state index contributed by atoms with van der Waals surface area (Å²) >= 11 is 0. The summed E-state index contributed by atoms with van der Waals surface area (Å²) in [7, 11) is 3.08. The highest BCUT2D eigenvalue weighted by Crippen LogP contribution is 2.40. The Kier molecular flexibility index (Phi) is 8.26. The predicted octanol–water partition coefficient (Wildman–Crippen LogP) is 6.02. The number of anilines is 2. The van der Waals surface area contributed by atoms with E-state index in [1.165, 1.54) is 49.6 Å². The van der Waals surface area contributed by atoms with Gasteiger partial charge in [-0.25, -0.2) is 9.78 Å². The summed E-state index contributed by atoms with van der Waals surface area (Å²) in [5.74, 6) is 2.07. The van der Waals surface area contributed by atoms with Gasteiger partial charge in [0.1, 0.15) is 24.2 Å². The van der Waals surface area contributed by atoms with E-state index in [1.54, 1.807) is 37.5 Å². The molecule has 41 heavy (non-hydrogen) atoms. The van der Waals surface area contributed by atoms with Crippen molar-refractivity contribution in [1.82, 2.24) is 10.3 Å². The van der Waals surface area contributed by atoms with Crippen molar-refractivity contribution >= 4 is 29.5 Å². The quantitative estimate of drug-likeness (QED) is 0.233. The SMILES string of the molecule is C/C=C\c1cc(Oc2ccnc(NC(=O)c3ccc(C4CC[N+]5(CC4)C[C@@H]5C)cc3)c2)c(OC)cc1NC(=O)NC. The van der Waals surface area contributed by atoms with Gasteiger partial charge in [-0.15, -0.1) is 0 Å². The Hall–Kier alpha value is -4.37. The number of quaternary nitrogens is 1. The van der Waals surface area contributed by atoms with E-state index in [9.17, 15) is 9.59 Å². The van der Waals surface area contributed by atoms with Gasteiger partial charge in [0.15, 0.2) is 11.5 Å². The number of hydrogen-bond donors (Lipinski definition) is 3. The fourth-order valence-electron chi connectivity index (χ4n) is 5.71. The minimum absolute atomic E-state index is 0.232. The Balaban J connectivity index is 1.25. The number of piperidine rings is 1.